The Balaban J connectivity index is 2.84. The molecule has 0 aliphatic carbocycles. The zero-order chi connectivity index (χ0) is 11.7. The van der Waals surface area contributed by atoms with Gasteiger partial charge in [-0.25, -0.2) is 0 Å². The van der Waals surface area contributed by atoms with Crippen molar-refractivity contribution < 1.29 is 15.0 Å². The summed E-state index contributed by atoms with van der Waals surface area (Å²) < 4.78 is 0. The first-order chi connectivity index (χ1) is 7.61. The van der Waals surface area contributed by atoms with Gasteiger partial charge in [0.05, 0.1) is 10.4 Å². The normalized spacial score (nSPS) is 10.4. The second-order valence-electron chi connectivity index (χ2n) is 3.35. The lowest BCUT2D eigenvalue weighted by Crippen LogP contribution is -2.32. The highest BCUT2D eigenvalue weighted by Gasteiger charge is 2.25. The second kappa shape index (κ2) is 3.92. The van der Waals surface area contributed by atoms with Gasteiger partial charge in [-0.15, -0.1) is 0 Å². The van der Waals surface area contributed by atoms with E-state index in [1.165, 1.54) is 6.07 Å². The van der Waals surface area contributed by atoms with E-state index in [4.69, 9.17) is 0 Å². The topological polar surface area (TPSA) is 83.6 Å². The Morgan fingerprint density at radius 1 is 1.12 bits per heavy atom. The number of nitro groups is 1. The Kier molecular flexibility index (Phi) is 2.60. The van der Waals surface area contributed by atoms with Gasteiger partial charge < -0.3 is 10.0 Å². The Morgan fingerprint density at radius 2 is 1.81 bits per heavy atom. The molecule has 0 aromatic heterocycles. The zero-order valence-electron chi connectivity index (χ0n) is 8.20. The molecule has 6 heteroatoms. The third-order valence-electron chi connectivity index (χ3n) is 2.40. The summed E-state index contributed by atoms with van der Waals surface area (Å²) in [6.07, 6.45) is 0. The summed E-state index contributed by atoms with van der Waals surface area (Å²) in [6, 6.07) is 9.71. The van der Waals surface area contributed by atoms with E-state index in [9.17, 15) is 20.2 Å². The van der Waals surface area contributed by atoms with Gasteiger partial charge in [-0.3, -0.25) is 10.1 Å². The molecule has 2 N–H and O–H groups in total. The number of benzene rings is 2. The molecule has 0 fully saturated rings. The van der Waals surface area contributed by atoms with Crippen LogP contribution in [-0.4, -0.2) is 22.1 Å². The van der Waals surface area contributed by atoms with Crippen LogP contribution < -0.4 is 5.46 Å². The summed E-state index contributed by atoms with van der Waals surface area (Å²) in [4.78, 5) is 10.1. The molecule has 0 saturated heterocycles. The fraction of sp³-hybridized carbons (Fsp3) is 0. The molecule has 0 bridgehead atoms. The van der Waals surface area contributed by atoms with Gasteiger partial charge in [0.2, 0.25) is 0 Å². The molecule has 80 valence electrons. The lowest BCUT2D eigenvalue weighted by molar-refractivity contribution is -0.383. The number of hydrogen-bond acceptors (Lipinski definition) is 4. The minimum absolute atomic E-state index is 0.0666. The number of hydrogen-bond donors (Lipinski definition) is 2. The van der Waals surface area contributed by atoms with E-state index >= 15 is 0 Å². The van der Waals surface area contributed by atoms with Crippen molar-refractivity contribution in [3.8, 4) is 0 Å². The highest BCUT2D eigenvalue weighted by molar-refractivity contribution is 6.63. The number of nitro benzene ring substituents is 1. The summed E-state index contributed by atoms with van der Waals surface area (Å²) in [7, 11) is -1.86. The van der Waals surface area contributed by atoms with Gasteiger partial charge in [-0.05, 0) is 16.8 Å². The minimum Gasteiger partial charge on any atom is -0.423 e. The standard InChI is InChI=1S/C10H8BNO4/c13-11(14)10-8-4-2-1-3-7(8)5-6-9(10)12(15)16/h1-6,13-14H. The monoisotopic (exact) mass is 217 g/mol. The van der Waals surface area contributed by atoms with Crippen molar-refractivity contribution in [3.05, 3.63) is 46.5 Å². The van der Waals surface area contributed by atoms with Gasteiger partial charge in [-0.2, -0.15) is 0 Å². The maximum absolute atomic E-state index is 10.8. The van der Waals surface area contributed by atoms with Crippen molar-refractivity contribution in [2.75, 3.05) is 0 Å². The largest absolute Gasteiger partial charge is 0.496 e. The number of rotatable bonds is 2. The lowest BCUT2D eigenvalue weighted by atomic mass is 9.76. The average molecular weight is 217 g/mol. The summed E-state index contributed by atoms with van der Waals surface area (Å²) >= 11 is 0. The molecule has 0 amide bonds. The molecule has 0 aliphatic heterocycles. The molecule has 2 aromatic carbocycles. The second-order valence-corrected chi connectivity index (χ2v) is 3.35. The molecular formula is C10H8BNO4. The maximum Gasteiger partial charge on any atom is 0.496 e. The van der Waals surface area contributed by atoms with Crippen LogP contribution in [0.3, 0.4) is 0 Å². The maximum atomic E-state index is 10.8. The van der Waals surface area contributed by atoms with Crippen LogP contribution in [0.4, 0.5) is 5.69 Å². The van der Waals surface area contributed by atoms with Crippen molar-refractivity contribution in [1.82, 2.24) is 0 Å². The molecule has 16 heavy (non-hydrogen) atoms. The fourth-order valence-corrected chi connectivity index (χ4v) is 1.71. The van der Waals surface area contributed by atoms with Crippen LogP contribution in [-0.2, 0) is 0 Å². The highest BCUT2D eigenvalue weighted by atomic mass is 16.6. The van der Waals surface area contributed by atoms with Crippen molar-refractivity contribution in [1.29, 1.82) is 0 Å². The number of nitrogens with zero attached hydrogens (tertiary/aromatic N) is 1. The summed E-state index contributed by atoms with van der Waals surface area (Å²) in [6.45, 7) is 0. The van der Waals surface area contributed by atoms with Crippen LogP contribution in [0.1, 0.15) is 0 Å². The molecule has 0 atom stereocenters. The minimum atomic E-state index is -1.86. The Hall–Kier alpha value is -1.92. The molecule has 0 heterocycles. The predicted octanol–water partition coefficient (Wildman–Crippen LogP) is 0.428. The Bertz CT molecular complexity index is 556. The third kappa shape index (κ3) is 1.64. The predicted molar refractivity (Wildman–Crippen MR) is 60.4 cm³/mol. The smallest absolute Gasteiger partial charge is 0.423 e. The molecule has 0 spiro atoms. The van der Waals surface area contributed by atoms with Gasteiger partial charge in [0, 0.05) is 6.07 Å². The van der Waals surface area contributed by atoms with Gasteiger partial charge in [0.15, 0.2) is 0 Å². The van der Waals surface area contributed by atoms with Crippen LogP contribution >= 0.6 is 0 Å². The quantitative estimate of drug-likeness (QED) is 0.434. The van der Waals surface area contributed by atoms with Gasteiger partial charge in [0.25, 0.3) is 5.69 Å². The van der Waals surface area contributed by atoms with E-state index in [0.29, 0.717) is 5.39 Å². The van der Waals surface area contributed by atoms with E-state index in [0.717, 1.165) is 5.39 Å². The van der Waals surface area contributed by atoms with E-state index in [-0.39, 0.29) is 11.2 Å². The van der Waals surface area contributed by atoms with Gasteiger partial charge >= 0.3 is 7.12 Å². The summed E-state index contributed by atoms with van der Waals surface area (Å²) in [5.41, 5.74) is -0.350. The molecule has 0 radical (unpaired) electrons. The Labute approximate surface area is 91.2 Å². The van der Waals surface area contributed by atoms with Crippen molar-refractivity contribution in [3.63, 3.8) is 0 Å². The van der Waals surface area contributed by atoms with Crippen molar-refractivity contribution in [2.24, 2.45) is 0 Å². The third-order valence-corrected chi connectivity index (χ3v) is 2.40. The fourth-order valence-electron chi connectivity index (χ4n) is 1.71. The molecule has 2 rings (SSSR count). The zero-order valence-corrected chi connectivity index (χ0v) is 8.20. The molecule has 0 saturated carbocycles. The van der Waals surface area contributed by atoms with Crippen LogP contribution in [0.2, 0.25) is 0 Å². The molecule has 0 aliphatic rings. The van der Waals surface area contributed by atoms with Crippen LogP contribution in [0.5, 0.6) is 0 Å². The molecular weight excluding hydrogens is 209 g/mol. The first-order valence-corrected chi connectivity index (χ1v) is 4.63. The molecule has 0 unspecified atom stereocenters. The van der Waals surface area contributed by atoms with Crippen molar-refractivity contribution >= 4 is 29.0 Å². The average Bonchev–Trinajstić information content (AvgIpc) is 2.27. The molecule has 2 aromatic rings. The SMILES string of the molecule is O=[N+]([O-])c1ccc2ccccc2c1B(O)O. The first kappa shape index (κ1) is 10.6. The van der Waals surface area contributed by atoms with Crippen molar-refractivity contribution in [2.45, 2.75) is 0 Å². The lowest BCUT2D eigenvalue weighted by Gasteiger charge is -2.06. The number of fused-ring (bicyclic) bond motifs is 1. The van der Waals surface area contributed by atoms with E-state index in [1.807, 2.05) is 0 Å². The summed E-state index contributed by atoms with van der Waals surface area (Å²) in [5, 5.41) is 30.4. The van der Waals surface area contributed by atoms with Crippen LogP contribution in [0, 0.1) is 10.1 Å². The van der Waals surface area contributed by atoms with Gasteiger partial charge in [0.1, 0.15) is 0 Å². The van der Waals surface area contributed by atoms with E-state index in [2.05, 4.69) is 0 Å². The Morgan fingerprint density at radius 3 is 2.44 bits per heavy atom. The van der Waals surface area contributed by atoms with Gasteiger partial charge in [-0.1, -0.05) is 24.3 Å². The molecule has 5 nitrogen and oxygen atoms in total. The summed E-state index contributed by atoms with van der Waals surface area (Å²) in [5.74, 6) is 0. The van der Waals surface area contributed by atoms with E-state index < -0.39 is 12.0 Å². The highest BCUT2D eigenvalue weighted by Crippen LogP contribution is 2.18. The first-order valence-electron chi connectivity index (χ1n) is 4.63. The van der Waals surface area contributed by atoms with E-state index in [1.54, 1.807) is 30.3 Å². The van der Waals surface area contributed by atoms with Crippen LogP contribution in [0.15, 0.2) is 36.4 Å². The van der Waals surface area contributed by atoms with Crippen LogP contribution in [0.25, 0.3) is 10.8 Å².